The van der Waals surface area contributed by atoms with Crippen LogP contribution in [-0.4, -0.2) is 32.4 Å². The van der Waals surface area contributed by atoms with Crippen LogP contribution >= 0.6 is 34.5 Å². The van der Waals surface area contributed by atoms with Gasteiger partial charge in [-0.3, -0.25) is 0 Å². The van der Waals surface area contributed by atoms with Crippen LogP contribution in [0, 0.1) is 24.7 Å². The van der Waals surface area contributed by atoms with Crippen molar-refractivity contribution in [1.82, 2.24) is 10.1 Å². The monoisotopic (exact) mass is 572 g/mol. The van der Waals surface area contributed by atoms with E-state index in [2.05, 4.69) is 12.1 Å². The van der Waals surface area contributed by atoms with E-state index in [1.807, 2.05) is 6.92 Å². The molecule has 2 saturated carbocycles. The molecule has 2 aromatic heterocycles. The molecule has 198 valence electrons. The molecule has 2 fully saturated rings. The van der Waals surface area contributed by atoms with Gasteiger partial charge in [0.1, 0.15) is 22.1 Å². The Kier molecular flexibility index (Phi) is 6.52. The number of carbonyl (C=O) groups is 1. The van der Waals surface area contributed by atoms with Crippen LogP contribution in [0.3, 0.4) is 0 Å². The van der Waals surface area contributed by atoms with Crippen molar-refractivity contribution < 1.29 is 24.3 Å². The normalized spacial score (nSPS) is 26.8. The zero-order valence-corrected chi connectivity index (χ0v) is 23.1. The largest absolute Gasteiger partial charge is 0.478 e. The molecule has 5 atom stereocenters. The van der Waals surface area contributed by atoms with E-state index in [1.165, 1.54) is 11.3 Å². The van der Waals surface area contributed by atoms with E-state index in [0.29, 0.717) is 63.0 Å². The second kappa shape index (κ2) is 9.61. The van der Waals surface area contributed by atoms with E-state index >= 15 is 0 Å². The number of hydrogen-bond donors (Lipinski definition) is 2. The Labute approximate surface area is 233 Å². The fourth-order valence-electron chi connectivity index (χ4n) is 6.29. The molecule has 0 spiro atoms. The number of benzene rings is 2. The first-order valence-corrected chi connectivity index (χ1v) is 14.1. The Morgan fingerprint density at radius 2 is 1.97 bits per heavy atom. The van der Waals surface area contributed by atoms with Crippen molar-refractivity contribution in [1.29, 1.82) is 0 Å². The minimum Gasteiger partial charge on any atom is -0.478 e. The summed E-state index contributed by atoms with van der Waals surface area (Å²) in [6, 6.07) is 10.2. The highest BCUT2D eigenvalue weighted by Crippen LogP contribution is 2.59. The Bertz CT molecular complexity index is 1530. The van der Waals surface area contributed by atoms with Crippen LogP contribution in [0.25, 0.3) is 21.5 Å². The standard InChI is InChI=1S/C28H26Cl2N2O5S/c1-13-8-16-10-17(36-12-18-14(2)37-32-25(18)24-20(29)4-3-5-21(24)30)11-19(13)28(16,35)27-31-22-7-6-15(26(33)34)9-23(22)38-27/h3-7,9,13,16-17,19,35H,8,10-12H2,1-2H3,(H,33,34)/t13-,16+,17+,19+,28-/m0/s1. The smallest absolute Gasteiger partial charge is 0.335 e. The van der Waals surface area contributed by atoms with Gasteiger partial charge in [-0.25, -0.2) is 9.78 Å². The molecule has 0 unspecified atom stereocenters. The predicted octanol–water partition coefficient (Wildman–Crippen LogP) is 7.10. The van der Waals surface area contributed by atoms with Crippen molar-refractivity contribution >= 4 is 50.7 Å². The van der Waals surface area contributed by atoms with Gasteiger partial charge in [0, 0.05) is 11.1 Å². The third-order valence-corrected chi connectivity index (χ3v) is 10.0. The van der Waals surface area contributed by atoms with Crippen LogP contribution < -0.4 is 0 Å². The SMILES string of the molecule is Cc1onc(-c2c(Cl)cccc2Cl)c1CO[C@@H]1C[C@H]2C[C@H](C)[C@@H](C1)[C@]2(O)c1nc2ccc(C(=O)O)cc2s1. The number of aromatic nitrogens is 2. The number of aryl methyl sites for hydroxylation is 1. The molecular formula is C28H26Cl2N2O5S. The summed E-state index contributed by atoms with van der Waals surface area (Å²) in [5.41, 5.74) is 1.88. The minimum atomic E-state index is -1.06. The molecular weight excluding hydrogens is 547 g/mol. The summed E-state index contributed by atoms with van der Waals surface area (Å²) in [5, 5.41) is 27.3. The molecule has 0 radical (unpaired) electrons. The predicted molar refractivity (Wildman–Crippen MR) is 146 cm³/mol. The van der Waals surface area contributed by atoms with Gasteiger partial charge in [-0.1, -0.05) is 41.3 Å². The minimum absolute atomic E-state index is 0.0122. The van der Waals surface area contributed by atoms with Crippen molar-refractivity contribution in [2.24, 2.45) is 17.8 Å². The van der Waals surface area contributed by atoms with E-state index in [9.17, 15) is 15.0 Å². The highest BCUT2D eigenvalue weighted by Gasteiger charge is 2.59. The van der Waals surface area contributed by atoms with Gasteiger partial charge in [0.2, 0.25) is 0 Å². The summed E-state index contributed by atoms with van der Waals surface area (Å²) in [7, 11) is 0. The molecule has 2 heterocycles. The maximum Gasteiger partial charge on any atom is 0.335 e. The number of rotatable bonds is 6. The molecule has 2 aliphatic carbocycles. The molecule has 10 heteroatoms. The quantitative estimate of drug-likeness (QED) is 0.253. The van der Waals surface area contributed by atoms with Crippen molar-refractivity contribution in [3.8, 4) is 11.3 Å². The van der Waals surface area contributed by atoms with Crippen LogP contribution in [0.5, 0.6) is 0 Å². The maximum absolute atomic E-state index is 12.1. The zero-order valence-electron chi connectivity index (χ0n) is 20.8. The number of carboxylic acid groups (broad SMARTS) is 1. The fraction of sp³-hybridized carbons (Fsp3) is 0.393. The van der Waals surface area contributed by atoms with E-state index < -0.39 is 11.6 Å². The molecule has 4 aromatic rings. The number of aliphatic hydroxyl groups is 1. The number of halogens is 2. The van der Waals surface area contributed by atoms with Crippen LogP contribution in [0.2, 0.25) is 10.0 Å². The average Bonchev–Trinajstić information content (AvgIpc) is 3.49. The van der Waals surface area contributed by atoms with Gasteiger partial charge >= 0.3 is 5.97 Å². The van der Waals surface area contributed by atoms with E-state index in [1.54, 1.807) is 36.4 Å². The van der Waals surface area contributed by atoms with Gasteiger partial charge in [-0.2, -0.15) is 0 Å². The van der Waals surface area contributed by atoms with E-state index in [0.717, 1.165) is 16.7 Å². The third kappa shape index (κ3) is 4.14. The number of aromatic carboxylic acids is 1. The van der Waals surface area contributed by atoms with Crippen molar-refractivity contribution in [3.05, 3.63) is 68.3 Å². The maximum atomic E-state index is 12.1. The Hall–Kier alpha value is -2.49. The summed E-state index contributed by atoms with van der Waals surface area (Å²) in [4.78, 5) is 16.2. The molecule has 2 bridgehead atoms. The van der Waals surface area contributed by atoms with E-state index in [4.69, 9.17) is 37.4 Å². The first kappa shape index (κ1) is 25.8. The second-order valence-electron chi connectivity index (χ2n) is 10.4. The van der Waals surface area contributed by atoms with Gasteiger partial charge in [-0.15, -0.1) is 11.3 Å². The lowest BCUT2D eigenvalue weighted by atomic mass is 9.72. The lowest BCUT2D eigenvalue weighted by Gasteiger charge is -2.41. The number of hydrogen-bond acceptors (Lipinski definition) is 7. The second-order valence-corrected chi connectivity index (χ2v) is 12.3. The van der Waals surface area contributed by atoms with Gasteiger partial charge in [-0.05, 0) is 74.3 Å². The lowest BCUT2D eigenvalue weighted by molar-refractivity contribution is -0.120. The van der Waals surface area contributed by atoms with Gasteiger partial charge in [0.25, 0.3) is 0 Å². The summed E-state index contributed by atoms with van der Waals surface area (Å²) >= 11 is 14.3. The van der Waals surface area contributed by atoms with Crippen LogP contribution in [0.15, 0.2) is 40.9 Å². The number of fused-ring (bicyclic) bond motifs is 3. The summed E-state index contributed by atoms with van der Waals surface area (Å²) in [6.45, 7) is 4.31. The molecule has 2 N–H and O–H groups in total. The van der Waals surface area contributed by atoms with Crippen LogP contribution in [0.4, 0.5) is 0 Å². The molecule has 7 nitrogen and oxygen atoms in total. The lowest BCUT2D eigenvalue weighted by Crippen LogP contribution is -2.45. The van der Waals surface area contributed by atoms with Gasteiger partial charge in [0.15, 0.2) is 0 Å². The molecule has 0 saturated heterocycles. The molecule has 2 aromatic carbocycles. The summed E-state index contributed by atoms with van der Waals surface area (Å²) in [5.74, 6) is -0.0617. The summed E-state index contributed by atoms with van der Waals surface area (Å²) in [6.07, 6.45) is 2.22. The highest BCUT2D eigenvalue weighted by molar-refractivity contribution is 7.18. The molecule has 6 rings (SSSR count). The number of ether oxygens (including phenoxy) is 1. The van der Waals surface area contributed by atoms with Gasteiger partial charge < -0.3 is 19.5 Å². The Balaban J connectivity index is 1.24. The topological polar surface area (TPSA) is 106 Å². The van der Waals surface area contributed by atoms with Crippen molar-refractivity contribution in [2.45, 2.75) is 51.4 Å². The van der Waals surface area contributed by atoms with Crippen LogP contribution in [0.1, 0.15) is 52.9 Å². The van der Waals surface area contributed by atoms with Gasteiger partial charge in [0.05, 0.1) is 38.5 Å². The van der Waals surface area contributed by atoms with E-state index in [-0.39, 0.29) is 23.5 Å². The molecule has 0 amide bonds. The Morgan fingerprint density at radius 1 is 1.21 bits per heavy atom. The molecule has 2 aliphatic rings. The molecule has 0 aliphatic heterocycles. The number of thiazole rings is 1. The average molecular weight is 573 g/mol. The first-order chi connectivity index (χ1) is 18.2. The van der Waals surface area contributed by atoms with Crippen molar-refractivity contribution in [2.75, 3.05) is 0 Å². The molecule has 38 heavy (non-hydrogen) atoms. The Morgan fingerprint density at radius 3 is 2.68 bits per heavy atom. The third-order valence-electron chi connectivity index (χ3n) is 8.22. The highest BCUT2D eigenvalue weighted by atomic mass is 35.5. The van der Waals surface area contributed by atoms with Crippen molar-refractivity contribution in [3.63, 3.8) is 0 Å². The zero-order chi connectivity index (χ0) is 26.8. The number of carboxylic acids is 1. The first-order valence-electron chi connectivity index (χ1n) is 12.5. The van der Waals surface area contributed by atoms with Crippen LogP contribution in [-0.2, 0) is 16.9 Å². The fourth-order valence-corrected chi connectivity index (χ4v) is 8.11. The summed E-state index contributed by atoms with van der Waals surface area (Å²) < 4.78 is 12.7. The number of nitrogens with zero attached hydrogens (tertiary/aromatic N) is 2.